The van der Waals surface area contributed by atoms with Gasteiger partial charge in [0.2, 0.25) is 0 Å². The van der Waals surface area contributed by atoms with E-state index in [1.54, 1.807) is 6.26 Å². The van der Waals surface area contributed by atoms with Crippen LogP contribution in [-0.4, -0.2) is 19.8 Å². The Morgan fingerprint density at radius 2 is 2.00 bits per heavy atom. The molecule has 0 spiro atoms. The molecule has 1 aromatic carbocycles. The summed E-state index contributed by atoms with van der Waals surface area (Å²) >= 11 is 0. The van der Waals surface area contributed by atoms with Gasteiger partial charge in [0, 0.05) is 11.8 Å². The van der Waals surface area contributed by atoms with Gasteiger partial charge in [-0.15, -0.1) is 0 Å². The highest BCUT2D eigenvalue weighted by molar-refractivity contribution is 6.52. The molecule has 0 unspecified atom stereocenters. The third-order valence-corrected chi connectivity index (χ3v) is 2.48. The molecule has 0 saturated carbocycles. The van der Waals surface area contributed by atoms with Crippen molar-refractivity contribution in [3.05, 3.63) is 36.6 Å². The molecule has 5 heteroatoms. The fraction of sp³-hybridized carbons (Fsp3) is 0.100. The van der Waals surface area contributed by atoms with Crippen LogP contribution in [0.5, 0.6) is 0 Å². The minimum absolute atomic E-state index is 0.798. The lowest BCUT2D eigenvalue weighted by atomic mass is 10.1. The van der Waals surface area contributed by atoms with Gasteiger partial charge in [0.15, 0.2) is 5.82 Å². The highest BCUT2D eigenvalue weighted by Crippen LogP contribution is 2.37. The molecular formula is C10H9BN3O. The summed E-state index contributed by atoms with van der Waals surface area (Å²) in [5.74, 6) is 0.798. The van der Waals surface area contributed by atoms with Gasteiger partial charge in [-0.25, -0.2) is 0 Å². The van der Waals surface area contributed by atoms with E-state index in [4.69, 9.17) is 4.52 Å². The average Bonchev–Trinajstić information content (AvgIpc) is 2.87. The van der Waals surface area contributed by atoms with E-state index in [1.165, 1.54) is 5.69 Å². The number of para-hydroxylation sites is 2. The Balaban J connectivity index is 2.09. The first-order valence-corrected chi connectivity index (χ1v) is 4.73. The number of benzene rings is 1. The molecule has 3 rings (SSSR count). The van der Waals surface area contributed by atoms with Crippen molar-refractivity contribution in [3.63, 3.8) is 0 Å². The lowest BCUT2D eigenvalue weighted by molar-refractivity contribution is 0.422. The second-order valence-electron chi connectivity index (χ2n) is 3.44. The Morgan fingerprint density at radius 1 is 1.20 bits per heavy atom. The zero-order chi connectivity index (χ0) is 10.3. The predicted molar refractivity (Wildman–Crippen MR) is 59.2 cm³/mol. The molecule has 0 atom stereocenters. The number of rotatable bonds is 1. The maximum atomic E-state index is 4.85. The molecule has 2 heterocycles. The highest BCUT2D eigenvalue weighted by atomic mass is 16.5. The molecule has 4 nitrogen and oxygen atoms in total. The van der Waals surface area contributed by atoms with Crippen LogP contribution in [0.2, 0.25) is 0 Å². The molecule has 1 aromatic heterocycles. The monoisotopic (exact) mass is 198 g/mol. The van der Waals surface area contributed by atoms with Crippen LogP contribution in [0.15, 0.2) is 41.1 Å². The molecule has 0 N–H and O–H groups in total. The van der Waals surface area contributed by atoms with Crippen molar-refractivity contribution in [2.75, 3.05) is 16.7 Å². The fourth-order valence-corrected chi connectivity index (χ4v) is 1.78. The smallest absolute Gasteiger partial charge is 0.397 e. The highest BCUT2D eigenvalue weighted by Gasteiger charge is 2.27. The van der Waals surface area contributed by atoms with E-state index < -0.39 is 0 Å². The summed E-state index contributed by atoms with van der Waals surface area (Å²) in [5, 5.41) is 3.92. The minimum atomic E-state index is 0.798. The molecule has 1 aliphatic rings. The van der Waals surface area contributed by atoms with Gasteiger partial charge >= 0.3 is 7.55 Å². The van der Waals surface area contributed by atoms with E-state index in [0.717, 1.165) is 11.5 Å². The molecule has 0 fully saturated rings. The van der Waals surface area contributed by atoms with Gasteiger partial charge in [-0.05, 0) is 19.2 Å². The molecule has 0 aliphatic carbocycles. The van der Waals surface area contributed by atoms with Gasteiger partial charge in [0.1, 0.15) is 6.26 Å². The SMILES string of the molecule is CN1[B]N(c2ccon2)c2ccccc21. The van der Waals surface area contributed by atoms with E-state index in [-0.39, 0.29) is 0 Å². The van der Waals surface area contributed by atoms with Crippen molar-refractivity contribution in [2.45, 2.75) is 0 Å². The van der Waals surface area contributed by atoms with Crippen LogP contribution >= 0.6 is 0 Å². The molecule has 1 aliphatic heterocycles. The average molecular weight is 198 g/mol. The maximum absolute atomic E-state index is 4.85. The van der Waals surface area contributed by atoms with Crippen LogP contribution in [0.1, 0.15) is 0 Å². The van der Waals surface area contributed by atoms with Crippen molar-refractivity contribution >= 4 is 24.7 Å². The molecular weight excluding hydrogens is 189 g/mol. The van der Waals surface area contributed by atoms with Crippen LogP contribution in [0.4, 0.5) is 17.2 Å². The van der Waals surface area contributed by atoms with Gasteiger partial charge in [0.25, 0.3) is 0 Å². The number of anilines is 3. The summed E-state index contributed by atoms with van der Waals surface area (Å²) in [4.78, 5) is 4.06. The second-order valence-corrected chi connectivity index (χ2v) is 3.44. The van der Waals surface area contributed by atoms with Gasteiger partial charge in [-0.3, -0.25) is 0 Å². The Morgan fingerprint density at radius 3 is 2.73 bits per heavy atom. The molecule has 0 amide bonds. The van der Waals surface area contributed by atoms with Crippen LogP contribution in [-0.2, 0) is 0 Å². The predicted octanol–water partition coefficient (Wildman–Crippen LogP) is 1.80. The Bertz CT molecular complexity index is 471. The standard InChI is InChI=1S/C10H9BN3O/c1-13-8-4-2-3-5-9(8)14(11-13)10-6-7-15-12-10/h2-7H,1H3. The minimum Gasteiger partial charge on any atom is -0.400 e. The Kier molecular flexibility index (Phi) is 1.71. The Labute approximate surface area is 88.4 Å². The van der Waals surface area contributed by atoms with Crippen molar-refractivity contribution in [3.8, 4) is 0 Å². The van der Waals surface area contributed by atoms with Gasteiger partial charge in [-0.1, -0.05) is 17.3 Å². The van der Waals surface area contributed by atoms with Crippen LogP contribution in [0.3, 0.4) is 0 Å². The first-order chi connectivity index (χ1) is 7.36. The molecule has 2 aromatic rings. The molecule has 0 saturated heterocycles. The van der Waals surface area contributed by atoms with Crippen LogP contribution in [0.25, 0.3) is 0 Å². The van der Waals surface area contributed by atoms with Gasteiger partial charge < -0.3 is 14.1 Å². The third-order valence-electron chi connectivity index (χ3n) is 2.48. The van der Waals surface area contributed by atoms with Gasteiger partial charge in [0.05, 0.1) is 5.69 Å². The quantitative estimate of drug-likeness (QED) is 0.654. The van der Waals surface area contributed by atoms with E-state index in [2.05, 4.69) is 22.1 Å². The number of aromatic nitrogens is 1. The lowest BCUT2D eigenvalue weighted by Crippen LogP contribution is -2.28. The van der Waals surface area contributed by atoms with Crippen molar-refractivity contribution in [1.82, 2.24) is 5.16 Å². The first-order valence-electron chi connectivity index (χ1n) is 4.73. The van der Waals surface area contributed by atoms with E-state index >= 15 is 0 Å². The zero-order valence-corrected chi connectivity index (χ0v) is 8.29. The summed E-state index contributed by atoms with van der Waals surface area (Å²) in [7, 11) is 4.00. The molecule has 15 heavy (non-hydrogen) atoms. The summed E-state index contributed by atoms with van der Waals surface area (Å²) in [6.45, 7) is 0. The number of fused-ring (bicyclic) bond motifs is 1. The summed E-state index contributed by atoms with van der Waals surface area (Å²) in [5.41, 5.74) is 2.29. The number of nitrogens with zero attached hydrogens (tertiary/aromatic N) is 3. The first kappa shape index (κ1) is 8.41. The molecule has 1 radical (unpaired) electrons. The largest absolute Gasteiger partial charge is 0.400 e. The van der Waals surface area contributed by atoms with Crippen LogP contribution in [0, 0.1) is 0 Å². The normalized spacial score (nSPS) is 13.9. The van der Waals surface area contributed by atoms with E-state index in [9.17, 15) is 0 Å². The third kappa shape index (κ3) is 1.20. The number of hydrogen-bond acceptors (Lipinski definition) is 4. The van der Waals surface area contributed by atoms with Crippen molar-refractivity contribution < 1.29 is 4.52 Å². The lowest BCUT2D eigenvalue weighted by Gasteiger charge is -2.12. The number of hydrogen-bond donors (Lipinski definition) is 0. The van der Waals surface area contributed by atoms with Crippen molar-refractivity contribution in [1.29, 1.82) is 0 Å². The fourth-order valence-electron chi connectivity index (χ4n) is 1.78. The van der Waals surface area contributed by atoms with Crippen LogP contribution < -0.4 is 9.62 Å². The summed E-state index contributed by atoms with van der Waals surface area (Å²) in [6.07, 6.45) is 1.57. The maximum Gasteiger partial charge on any atom is 0.397 e. The summed E-state index contributed by atoms with van der Waals surface area (Å²) < 4.78 is 4.85. The zero-order valence-electron chi connectivity index (χ0n) is 8.29. The van der Waals surface area contributed by atoms with E-state index in [0.29, 0.717) is 0 Å². The van der Waals surface area contributed by atoms with Crippen molar-refractivity contribution in [2.24, 2.45) is 0 Å². The topological polar surface area (TPSA) is 32.5 Å². The second kappa shape index (κ2) is 3.05. The molecule has 73 valence electrons. The Hall–Kier alpha value is -1.91. The van der Waals surface area contributed by atoms with E-state index in [1.807, 2.05) is 37.6 Å². The molecule has 0 bridgehead atoms. The summed E-state index contributed by atoms with van der Waals surface area (Å²) in [6, 6.07) is 10.0. The van der Waals surface area contributed by atoms with Gasteiger partial charge in [-0.2, -0.15) is 0 Å².